The highest BCUT2D eigenvalue weighted by atomic mass is 32.2. The second-order valence-corrected chi connectivity index (χ2v) is 5.69. The Labute approximate surface area is 91.3 Å². The van der Waals surface area contributed by atoms with E-state index in [1.54, 1.807) is 0 Å². The standard InChI is InChI=1S/C12H20OS/c1-2-5-11(4-1)10-13-8-7-12-6-3-9-14-12/h10,12H,1-9H2. The van der Waals surface area contributed by atoms with Crippen LogP contribution >= 0.6 is 11.8 Å². The highest BCUT2D eigenvalue weighted by molar-refractivity contribution is 8.00. The fourth-order valence-electron chi connectivity index (χ4n) is 2.20. The topological polar surface area (TPSA) is 9.23 Å². The molecule has 0 spiro atoms. The largest absolute Gasteiger partial charge is 0.501 e. The Morgan fingerprint density at radius 1 is 1.29 bits per heavy atom. The minimum Gasteiger partial charge on any atom is -0.501 e. The second kappa shape index (κ2) is 5.69. The molecule has 1 heterocycles. The molecular formula is C12H20OS. The molecule has 1 nitrogen and oxygen atoms in total. The van der Waals surface area contributed by atoms with Crippen molar-refractivity contribution in [3.8, 4) is 0 Å². The molecule has 1 saturated heterocycles. The molecular weight excluding hydrogens is 192 g/mol. The molecule has 0 aromatic carbocycles. The van der Waals surface area contributed by atoms with Crippen LogP contribution in [0.3, 0.4) is 0 Å². The minimum absolute atomic E-state index is 0.886. The minimum atomic E-state index is 0.886. The average Bonchev–Trinajstić information content (AvgIpc) is 2.86. The maximum absolute atomic E-state index is 5.60. The van der Waals surface area contributed by atoms with Gasteiger partial charge >= 0.3 is 0 Å². The summed E-state index contributed by atoms with van der Waals surface area (Å²) < 4.78 is 5.60. The van der Waals surface area contributed by atoms with Crippen molar-refractivity contribution in [2.24, 2.45) is 0 Å². The quantitative estimate of drug-likeness (QED) is 0.518. The third kappa shape index (κ3) is 3.23. The Morgan fingerprint density at radius 3 is 2.86 bits per heavy atom. The zero-order valence-electron chi connectivity index (χ0n) is 8.84. The summed E-state index contributed by atoms with van der Waals surface area (Å²) in [4.78, 5) is 0. The highest BCUT2D eigenvalue weighted by Crippen LogP contribution is 2.28. The van der Waals surface area contributed by atoms with E-state index in [-0.39, 0.29) is 0 Å². The van der Waals surface area contributed by atoms with Crippen LogP contribution < -0.4 is 0 Å². The van der Waals surface area contributed by atoms with Crippen molar-refractivity contribution in [3.05, 3.63) is 11.8 Å². The van der Waals surface area contributed by atoms with Gasteiger partial charge in [0.1, 0.15) is 0 Å². The van der Waals surface area contributed by atoms with Gasteiger partial charge in [-0.3, -0.25) is 0 Å². The van der Waals surface area contributed by atoms with E-state index in [9.17, 15) is 0 Å². The summed E-state index contributed by atoms with van der Waals surface area (Å²) >= 11 is 2.12. The van der Waals surface area contributed by atoms with Crippen LogP contribution in [0.4, 0.5) is 0 Å². The van der Waals surface area contributed by atoms with Gasteiger partial charge in [0.25, 0.3) is 0 Å². The van der Waals surface area contributed by atoms with E-state index in [1.165, 1.54) is 56.3 Å². The van der Waals surface area contributed by atoms with Gasteiger partial charge in [-0.15, -0.1) is 0 Å². The molecule has 0 amide bonds. The third-order valence-corrected chi connectivity index (χ3v) is 4.54. The van der Waals surface area contributed by atoms with E-state index in [0.29, 0.717) is 0 Å². The van der Waals surface area contributed by atoms with Crippen molar-refractivity contribution in [2.75, 3.05) is 12.4 Å². The molecule has 2 aliphatic rings. The van der Waals surface area contributed by atoms with Crippen LogP contribution in [0.15, 0.2) is 11.8 Å². The maximum Gasteiger partial charge on any atom is 0.0883 e. The lowest BCUT2D eigenvalue weighted by molar-refractivity contribution is 0.240. The zero-order valence-corrected chi connectivity index (χ0v) is 9.65. The van der Waals surface area contributed by atoms with Gasteiger partial charge in [0.15, 0.2) is 0 Å². The average molecular weight is 212 g/mol. The molecule has 80 valence electrons. The molecule has 0 N–H and O–H groups in total. The number of hydrogen-bond acceptors (Lipinski definition) is 2. The second-order valence-electron chi connectivity index (χ2n) is 4.28. The Balaban J connectivity index is 1.55. The van der Waals surface area contributed by atoms with Gasteiger partial charge in [0.05, 0.1) is 12.9 Å². The van der Waals surface area contributed by atoms with Gasteiger partial charge in [-0.05, 0) is 56.3 Å². The summed E-state index contributed by atoms with van der Waals surface area (Å²) in [5.41, 5.74) is 1.53. The lowest BCUT2D eigenvalue weighted by Gasteiger charge is -2.07. The van der Waals surface area contributed by atoms with Crippen molar-refractivity contribution in [3.63, 3.8) is 0 Å². The molecule has 0 aromatic heterocycles. The Kier molecular flexibility index (Phi) is 4.23. The number of thioether (sulfide) groups is 1. The van der Waals surface area contributed by atoms with E-state index in [4.69, 9.17) is 4.74 Å². The van der Waals surface area contributed by atoms with Gasteiger partial charge in [-0.2, -0.15) is 11.8 Å². The SMILES string of the molecule is C(OCCC1CCCS1)=C1CCCC1. The molecule has 1 unspecified atom stereocenters. The van der Waals surface area contributed by atoms with Gasteiger partial charge in [-0.25, -0.2) is 0 Å². The Bertz CT molecular complexity index is 186. The first-order valence-corrected chi connectivity index (χ1v) is 6.91. The maximum atomic E-state index is 5.60. The lowest BCUT2D eigenvalue weighted by Crippen LogP contribution is -2.01. The van der Waals surface area contributed by atoms with Gasteiger partial charge in [-0.1, -0.05) is 0 Å². The third-order valence-electron chi connectivity index (χ3n) is 3.08. The Hall–Kier alpha value is -0.110. The van der Waals surface area contributed by atoms with Crippen LogP contribution in [-0.2, 0) is 4.74 Å². The first-order valence-electron chi connectivity index (χ1n) is 5.86. The molecule has 1 aliphatic heterocycles. The number of hydrogen-bond donors (Lipinski definition) is 0. The molecule has 2 fully saturated rings. The predicted octanol–water partition coefficient (Wildman–Crippen LogP) is 3.75. The summed E-state index contributed by atoms with van der Waals surface area (Å²) in [6, 6.07) is 0. The number of allylic oxidation sites excluding steroid dienone is 1. The van der Waals surface area contributed by atoms with E-state index < -0.39 is 0 Å². The summed E-state index contributed by atoms with van der Waals surface area (Å²) in [6.45, 7) is 0.932. The van der Waals surface area contributed by atoms with Crippen molar-refractivity contribution in [2.45, 2.75) is 50.2 Å². The molecule has 14 heavy (non-hydrogen) atoms. The summed E-state index contributed by atoms with van der Waals surface area (Å²) in [5.74, 6) is 1.37. The molecule has 0 aromatic rings. The van der Waals surface area contributed by atoms with Gasteiger partial charge < -0.3 is 4.74 Å². The fourth-order valence-corrected chi connectivity index (χ4v) is 3.46. The number of rotatable bonds is 4. The van der Waals surface area contributed by atoms with Crippen molar-refractivity contribution in [1.82, 2.24) is 0 Å². The van der Waals surface area contributed by atoms with Crippen LogP contribution in [0.2, 0.25) is 0 Å². The first kappa shape index (κ1) is 10.4. The summed E-state index contributed by atoms with van der Waals surface area (Å²) in [7, 11) is 0. The van der Waals surface area contributed by atoms with Crippen LogP contribution in [-0.4, -0.2) is 17.6 Å². The molecule has 0 bridgehead atoms. The summed E-state index contributed by atoms with van der Waals surface area (Å²) in [5, 5.41) is 0.886. The molecule has 2 heteroatoms. The van der Waals surface area contributed by atoms with Crippen LogP contribution in [0.5, 0.6) is 0 Å². The summed E-state index contributed by atoms with van der Waals surface area (Å²) in [6.07, 6.45) is 11.4. The van der Waals surface area contributed by atoms with Crippen molar-refractivity contribution >= 4 is 11.8 Å². The van der Waals surface area contributed by atoms with E-state index in [1.807, 2.05) is 6.26 Å². The van der Waals surface area contributed by atoms with E-state index >= 15 is 0 Å². The van der Waals surface area contributed by atoms with Crippen molar-refractivity contribution < 1.29 is 4.74 Å². The highest BCUT2D eigenvalue weighted by Gasteiger charge is 2.14. The zero-order chi connectivity index (χ0) is 9.64. The molecule has 1 atom stereocenters. The van der Waals surface area contributed by atoms with Crippen LogP contribution in [0.1, 0.15) is 44.9 Å². The fraction of sp³-hybridized carbons (Fsp3) is 0.833. The van der Waals surface area contributed by atoms with Gasteiger partial charge in [0, 0.05) is 5.25 Å². The first-order chi connectivity index (χ1) is 6.95. The van der Waals surface area contributed by atoms with Crippen LogP contribution in [0.25, 0.3) is 0 Å². The normalized spacial score (nSPS) is 26.9. The van der Waals surface area contributed by atoms with Crippen LogP contribution in [0, 0.1) is 0 Å². The smallest absolute Gasteiger partial charge is 0.0883 e. The predicted molar refractivity (Wildman–Crippen MR) is 62.6 cm³/mol. The monoisotopic (exact) mass is 212 g/mol. The molecule has 2 rings (SSSR count). The molecule has 0 radical (unpaired) electrons. The van der Waals surface area contributed by atoms with E-state index in [2.05, 4.69) is 11.8 Å². The molecule has 1 aliphatic carbocycles. The Morgan fingerprint density at radius 2 is 2.14 bits per heavy atom. The molecule has 1 saturated carbocycles. The van der Waals surface area contributed by atoms with E-state index in [0.717, 1.165) is 11.9 Å². The number of ether oxygens (including phenoxy) is 1. The van der Waals surface area contributed by atoms with Crippen molar-refractivity contribution in [1.29, 1.82) is 0 Å². The van der Waals surface area contributed by atoms with Gasteiger partial charge in [0.2, 0.25) is 0 Å². The lowest BCUT2D eigenvalue weighted by atomic mass is 10.2.